The Kier molecular flexibility index (Phi) is 3.27. The second-order valence-corrected chi connectivity index (χ2v) is 2.94. The highest BCUT2D eigenvalue weighted by Gasteiger charge is 2.16. The molecule has 1 rings (SSSR count). The third kappa shape index (κ3) is 2.43. The van der Waals surface area contributed by atoms with Gasteiger partial charge in [-0.3, -0.25) is 9.89 Å². The van der Waals surface area contributed by atoms with Crippen molar-refractivity contribution in [2.24, 2.45) is 5.73 Å². The van der Waals surface area contributed by atoms with Crippen LogP contribution in [0.25, 0.3) is 0 Å². The highest BCUT2D eigenvalue weighted by molar-refractivity contribution is 6.31. The highest BCUT2D eigenvalue weighted by atomic mass is 35.5. The van der Waals surface area contributed by atoms with Gasteiger partial charge in [0.1, 0.15) is 6.04 Å². The van der Waals surface area contributed by atoms with E-state index >= 15 is 0 Å². The number of hydrogen-bond acceptors (Lipinski definition) is 4. The van der Waals surface area contributed by atoms with Gasteiger partial charge in [0.2, 0.25) is 0 Å². The van der Waals surface area contributed by atoms with Gasteiger partial charge in [-0.25, -0.2) is 0 Å². The maximum absolute atomic E-state index is 10.9. The molecule has 0 aliphatic rings. The summed E-state index contributed by atoms with van der Waals surface area (Å²) in [6.07, 6.45) is 1.76. The largest absolute Gasteiger partial charge is 0.468 e. The van der Waals surface area contributed by atoms with E-state index < -0.39 is 12.0 Å². The molecule has 1 aromatic heterocycles. The van der Waals surface area contributed by atoms with Crippen molar-refractivity contribution in [3.05, 3.63) is 16.9 Å². The quantitative estimate of drug-likeness (QED) is 0.683. The van der Waals surface area contributed by atoms with Crippen LogP contribution < -0.4 is 5.73 Å². The maximum Gasteiger partial charge on any atom is 0.323 e. The van der Waals surface area contributed by atoms with Crippen molar-refractivity contribution in [2.75, 3.05) is 7.11 Å². The standard InChI is InChI=1S/C7H10ClN3O2/c1-13-7(12)5(9)2-6-4(8)3-10-11-6/h3,5H,2,9H2,1H3,(H,10,11). The van der Waals surface area contributed by atoms with E-state index in [1.807, 2.05) is 0 Å². The maximum atomic E-state index is 10.9. The van der Waals surface area contributed by atoms with Crippen molar-refractivity contribution < 1.29 is 9.53 Å². The molecule has 0 saturated heterocycles. The van der Waals surface area contributed by atoms with Crippen LogP contribution in [0.5, 0.6) is 0 Å². The number of aromatic amines is 1. The molecule has 0 radical (unpaired) electrons. The van der Waals surface area contributed by atoms with Crippen LogP contribution in [-0.2, 0) is 16.0 Å². The minimum atomic E-state index is -0.706. The zero-order chi connectivity index (χ0) is 9.84. The Hall–Kier alpha value is -1.07. The highest BCUT2D eigenvalue weighted by Crippen LogP contribution is 2.12. The molecule has 0 bridgehead atoms. The van der Waals surface area contributed by atoms with Crippen LogP contribution >= 0.6 is 11.6 Å². The number of rotatable bonds is 3. The van der Waals surface area contributed by atoms with Gasteiger partial charge in [-0.2, -0.15) is 5.10 Å². The second-order valence-electron chi connectivity index (χ2n) is 2.53. The van der Waals surface area contributed by atoms with Gasteiger partial charge in [0.05, 0.1) is 24.0 Å². The van der Waals surface area contributed by atoms with Gasteiger partial charge in [0.15, 0.2) is 0 Å². The minimum absolute atomic E-state index is 0.297. The summed E-state index contributed by atoms with van der Waals surface area (Å²) in [6.45, 7) is 0. The minimum Gasteiger partial charge on any atom is -0.468 e. The zero-order valence-electron chi connectivity index (χ0n) is 7.08. The van der Waals surface area contributed by atoms with E-state index in [0.717, 1.165) is 0 Å². The summed E-state index contributed by atoms with van der Waals surface area (Å²) >= 11 is 5.73. The lowest BCUT2D eigenvalue weighted by molar-refractivity contribution is -0.142. The smallest absolute Gasteiger partial charge is 0.323 e. The molecule has 0 saturated carbocycles. The Labute approximate surface area is 80.2 Å². The van der Waals surface area contributed by atoms with Crippen molar-refractivity contribution in [3.63, 3.8) is 0 Å². The van der Waals surface area contributed by atoms with Crippen LogP contribution in [-0.4, -0.2) is 29.3 Å². The van der Waals surface area contributed by atoms with E-state index in [1.165, 1.54) is 13.3 Å². The summed E-state index contributed by atoms with van der Waals surface area (Å²) in [5.74, 6) is -0.467. The van der Waals surface area contributed by atoms with E-state index in [0.29, 0.717) is 17.1 Å². The summed E-state index contributed by atoms with van der Waals surface area (Å²) < 4.78 is 4.46. The monoisotopic (exact) mass is 203 g/mol. The molecule has 6 heteroatoms. The van der Waals surface area contributed by atoms with Gasteiger partial charge in [0.25, 0.3) is 0 Å². The lowest BCUT2D eigenvalue weighted by atomic mass is 10.2. The molecule has 13 heavy (non-hydrogen) atoms. The van der Waals surface area contributed by atoms with Crippen molar-refractivity contribution >= 4 is 17.6 Å². The number of esters is 1. The van der Waals surface area contributed by atoms with Crippen molar-refractivity contribution in [1.82, 2.24) is 10.2 Å². The number of carbonyl (C=O) groups excluding carboxylic acids is 1. The molecule has 1 unspecified atom stereocenters. The molecule has 1 atom stereocenters. The van der Waals surface area contributed by atoms with Gasteiger partial charge < -0.3 is 10.5 Å². The number of carbonyl (C=O) groups is 1. The van der Waals surface area contributed by atoms with Crippen molar-refractivity contribution in [3.8, 4) is 0 Å². The molecule has 3 N–H and O–H groups in total. The third-order valence-corrected chi connectivity index (χ3v) is 1.92. The number of nitrogens with two attached hydrogens (primary N) is 1. The molecular formula is C7H10ClN3O2. The van der Waals surface area contributed by atoms with Crippen LogP contribution in [0, 0.1) is 0 Å². The van der Waals surface area contributed by atoms with Crippen LogP contribution in [0.1, 0.15) is 5.69 Å². The molecule has 0 amide bonds. The number of nitrogens with zero attached hydrogens (tertiary/aromatic N) is 1. The Balaban J connectivity index is 2.59. The number of H-pyrrole nitrogens is 1. The van der Waals surface area contributed by atoms with E-state index in [2.05, 4.69) is 14.9 Å². The summed E-state index contributed by atoms with van der Waals surface area (Å²) in [4.78, 5) is 10.9. The first-order chi connectivity index (χ1) is 6.15. The molecule has 0 aliphatic heterocycles. The molecular weight excluding hydrogens is 194 g/mol. The Morgan fingerprint density at radius 1 is 1.92 bits per heavy atom. The van der Waals surface area contributed by atoms with Crippen molar-refractivity contribution in [2.45, 2.75) is 12.5 Å². The molecule has 0 aliphatic carbocycles. The summed E-state index contributed by atoms with van der Waals surface area (Å²) in [7, 11) is 1.29. The number of halogens is 1. The summed E-state index contributed by atoms with van der Waals surface area (Å²) in [5, 5.41) is 6.81. The molecule has 0 aromatic carbocycles. The van der Waals surface area contributed by atoms with Gasteiger partial charge in [-0.05, 0) is 0 Å². The molecule has 5 nitrogen and oxygen atoms in total. The van der Waals surface area contributed by atoms with E-state index in [1.54, 1.807) is 0 Å². The van der Waals surface area contributed by atoms with Crippen molar-refractivity contribution in [1.29, 1.82) is 0 Å². The number of hydrogen-bond donors (Lipinski definition) is 2. The Bertz CT molecular complexity index is 300. The molecule has 1 heterocycles. The average molecular weight is 204 g/mol. The Morgan fingerprint density at radius 2 is 2.62 bits per heavy atom. The second kappa shape index (κ2) is 4.25. The van der Waals surface area contributed by atoms with Crippen LogP contribution in [0.15, 0.2) is 6.20 Å². The SMILES string of the molecule is COC(=O)C(N)Cc1[nH]ncc1Cl. The first-order valence-electron chi connectivity index (χ1n) is 3.66. The molecule has 1 aromatic rings. The Morgan fingerprint density at radius 3 is 3.08 bits per heavy atom. The fourth-order valence-electron chi connectivity index (χ4n) is 0.896. The van der Waals surface area contributed by atoms with Gasteiger partial charge >= 0.3 is 5.97 Å². The predicted octanol–water partition coefficient (Wildman–Crippen LogP) is 0.106. The topological polar surface area (TPSA) is 81.0 Å². The predicted molar refractivity (Wildman–Crippen MR) is 47.3 cm³/mol. The van der Waals surface area contributed by atoms with Crippen LogP contribution in [0.3, 0.4) is 0 Å². The number of aromatic nitrogens is 2. The molecule has 0 spiro atoms. The summed E-state index contributed by atoms with van der Waals surface area (Å²) in [6, 6.07) is -0.706. The fourth-order valence-corrected chi connectivity index (χ4v) is 1.06. The first-order valence-corrected chi connectivity index (χ1v) is 4.04. The van der Waals surface area contributed by atoms with E-state index in [4.69, 9.17) is 17.3 Å². The van der Waals surface area contributed by atoms with Crippen LogP contribution in [0.4, 0.5) is 0 Å². The number of nitrogens with one attached hydrogen (secondary N) is 1. The van der Waals surface area contributed by atoms with Gasteiger partial charge in [-0.15, -0.1) is 0 Å². The first kappa shape index (κ1) is 10.0. The normalized spacial score (nSPS) is 12.5. The molecule has 0 fully saturated rings. The van der Waals surface area contributed by atoms with Gasteiger partial charge in [-0.1, -0.05) is 11.6 Å². The third-order valence-electron chi connectivity index (χ3n) is 1.59. The van der Waals surface area contributed by atoms with E-state index in [9.17, 15) is 4.79 Å². The lowest BCUT2D eigenvalue weighted by Gasteiger charge is -2.07. The zero-order valence-corrected chi connectivity index (χ0v) is 7.84. The van der Waals surface area contributed by atoms with Crippen LogP contribution in [0.2, 0.25) is 5.02 Å². The average Bonchev–Trinajstić information content (AvgIpc) is 2.50. The van der Waals surface area contributed by atoms with E-state index in [-0.39, 0.29) is 0 Å². The summed E-state index contributed by atoms with van der Waals surface area (Å²) in [5.41, 5.74) is 6.15. The number of ether oxygens (including phenoxy) is 1. The lowest BCUT2D eigenvalue weighted by Crippen LogP contribution is -2.33. The fraction of sp³-hybridized carbons (Fsp3) is 0.429. The number of methoxy groups -OCH3 is 1. The molecule has 72 valence electrons. The van der Waals surface area contributed by atoms with Gasteiger partial charge in [0, 0.05) is 6.42 Å².